The first-order valence-electron chi connectivity index (χ1n) is 21.1. The van der Waals surface area contributed by atoms with Crippen molar-refractivity contribution in [1.29, 1.82) is 0 Å². The second kappa shape index (κ2) is 23.6. The van der Waals surface area contributed by atoms with E-state index in [0.29, 0.717) is 63.7 Å². The molecule has 0 fully saturated rings. The van der Waals surface area contributed by atoms with Gasteiger partial charge in [-0.3, -0.25) is 24.0 Å². The van der Waals surface area contributed by atoms with E-state index >= 15 is 0 Å². The summed E-state index contributed by atoms with van der Waals surface area (Å²) in [6.07, 6.45) is 0.693. The number of hydrogen-bond acceptors (Lipinski definition) is 12. The summed E-state index contributed by atoms with van der Waals surface area (Å²) in [4.78, 5) is 71.5. The van der Waals surface area contributed by atoms with E-state index in [1.54, 1.807) is 72.8 Å². The number of nitrogens with one attached hydrogen (secondary N) is 4. The highest BCUT2D eigenvalue weighted by Gasteiger charge is 2.36. The van der Waals surface area contributed by atoms with Crippen molar-refractivity contribution in [3.8, 4) is 33.8 Å². The van der Waals surface area contributed by atoms with Crippen molar-refractivity contribution in [1.82, 2.24) is 26.2 Å². The zero-order valence-corrected chi connectivity index (χ0v) is 36.6. The van der Waals surface area contributed by atoms with Gasteiger partial charge in [0.1, 0.15) is 48.9 Å². The monoisotopic (exact) mass is 898 g/mol. The minimum atomic E-state index is -1.85. The van der Waals surface area contributed by atoms with Gasteiger partial charge in [-0.1, -0.05) is 48.0 Å². The molecule has 19 heteroatoms. The van der Waals surface area contributed by atoms with Crippen LogP contribution in [-0.4, -0.2) is 116 Å². The third-order valence-corrected chi connectivity index (χ3v) is 10.8. The largest absolute Gasteiger partial charge is 0.492 e. The van der Waals surface area contributed by atoms with Crippen LogP contribution < -0.4 is 47.9 Å². The summed E-state index contributed by atoms with van der Waals surface area (Å²) < 4.78 is 12.2. The molecule has 64 heavy (non-hydrogen) atoms. The van der Waals surface area contributed by atoms with Gasteiger partial charge in [0.25, 0.3) is 5.91 Å². The van der Waals surface area contributed by atoms with Crippen LogP contribution in [0.5, 0.6) is 11.5 Å². The van der Waals surface area contributed by atoms with Crippen LogP contribution in [0.2, 0.25) is 5.02 Å². The number of unbranched alkanes of at least 4 members (excludes halogenated alkanes) is 1. The molecule has 0 aromatic heterocycles. The summed E-state index contributed by atoms with van der Waals surface area (Å²) in [5, 5.41) is 30.2. The highest BCUT2D eigenvalue weighted by molar-refractivity contribution is 6.41. The van der Waals surface area contributed by atoms with Gasteiger partial charge in [0.15, 0.2) is 0 Å². The fraction of sp³-hybridized carbons (Fsp3) is 0.356. The molecule has 1 aliphatic heterocycles. The number of likely N-dealkylation sites (N-methyl/N-ethyl adjacent to an activating group) is 1. The molecular formula is C45H56BClN8O9. The number of hydrogen-bond donors (Lipinski definition) is 9. The lowest BCUT2D eigenvalue weighted by atomic mass is 9.91. The number of halogens is 1. The maximum atomic E-state index is 14.7. The number of carbonyl (C=O) groups excluding carboxylic acids is 5. The number of benzene rings is 4. The molecule has 0 saturated heterocycles. The lowest BCUT2D eigenvalue weighted by Gasteiger charge is -2.33. The van der Waals surface area contributed by atoms with Gasteiger partial charge in [-0.25, -0.2) is 0 Å². The minimum Gasteiger partial charge on any atom is -0.492 e. The van der Waals surface area contributed by atoms with E-state index < -0.39 is 67.3 Å². The van der Waals surface area contributed by atoms with Crippen LogP contribution in [0.4, 0.5) is 0 Å². The van der Waals surface area contributed by atoms with Crippen molar-refractivity contribution < 1.29 is 43.5 Å². The fourth-order valence-electron chi connectivity index (χ4n) is 7.22. The number of fused-ring (bicyclic) bond motifs is 5. The SMILES string of the molecule is C[C@@H]1NC(=O)[C@@H](N(C)C(=O)[C@H](CCCCN)NC(=O)c2ccc(-c3ccc(Cl)cc3)cc2)c2ccc(OCCN)c(c2)-c2cc(ccc2OCCN)C[C@@H](C(=O)NCB(O)O)NC1=O. The second-order valence-electron chi connectivity index (χ2n) is 15.3. The van der Waals surface area contributed by atoms with Gasteiger partial charge in [-0.15, -0.1) is 0 Å². The Balaban J connectivity index is 1.58. The van der Waals surface area contributed by atoms with Gasteiger partial charge >= 0.3 is 7.12 Å². The molecule has 4 bridgehead atoms. The van der Waals surface area contributed by atoms with Crippen LogP contribution in [0.15, 0.2) is 84.9 Å². The number of nitrogens with two attached hydrogens (primary N) is 3. The quantitative estimate of drug-likeness (QED) is 0.0508. The van der Waals surface area contributed by atoms with Crippen LogP contribution in [0.25, 0.3) is 22.3 Å². The van der Waals surface area contributed by atoms with Crippen molar-refractivity contribution >= 4 is 48.3 Å². The lowest BCUT2D eigenvalue weighted by molar-refractivity contribution is -0.141. The van der Waals surface area contributed by atoms with Gasteiger partial charge in [-0.2, -0.15) is 0 Å². The van der Waals surface area contributed by atoms with Crippen molar-refractivity contribution in [3.05, 3.63) is 107 Å². The number of rotatable bonds is 18. The topological polar surface area (TPSA) is 274 Å². The third-order valence-electron chi connectivity index (χ3n) is 10.5. The third kappa shape index (κ3) is 13.0. The zero-order chi connectivity index (χ0) is 46.3. The van der Waals surface area contributed by atoms with Crippen molar-refractivity contribution in [2.24, 2.45) is 17.2 Å². The molecule has 5 rings (SSSR count). The summed E-state index contributed by atoms with van der Waals surface area (Å²) in [6.45, 7) is 2.42. The van der Waals surface area contributed by atoms with Crippen molar-refractivity contribution in [2.45, 2.75) is 56.8 Å². The molecule has 0 aliphatic carbocycles. The second-order valence-corrected chi connectivity index (χ2v) is 15.8. The van der Waals surface area contributed by atoms with Crippen molar-refractivity contribution in [2.75, 3.05) is 46.3 Å². The van der Waals surface area contributed by atoms with Crippen LogP contribution in [0.1, 0.15) is 53.7 Å². The lowest BCUT2D eigenvalue weighted by Crippen LogP contribution is -2.56. The highest BCUT2D eigenvalue weighted by atomic mass is 35.5. The Morgan fingerprint density at radius 1 is 0.828 bits per heavy atom. The van der Waals surface area contributed by atoms with E-state index in [4.69, 9.17) is 38.3 Å². The molecule has 0 saturated carbocycles. The van der Waals surface area contributed by atoms with Crippen molar-refractivity contribution in [3.63, 3.8) is 0 Å². The van der Waals surface area contributed by atoms with Crippen LogP contribution in [-0.2, 0) is 25.6 Å². The van der Waals surface area contributed by atoms with E-state index in [2.05, 4.69) is 21.3 Å². The molecule has 17 nitrogen and oxygen atoms in total. The Morgan fingerprint density at radius 3 is 2.05 bits per heavy atom. The maximum Gasteiger partial charge on any atom is 0.472 e. The van der Waals surface area contributed by atoms with E-state index in [9.17, 15) is 34.0 Å². The van der Waals surface area contributed by atoms with E-state index in [1.807, 2.05) is 12.1 Å². The maximum absolute atomic E-state index is 14.7. The Morgan fingerprint density at radius 2 is 1.44 bits per heavy atom. The molecular weight excluding hydrogens is 843 g/mol. The Hall–Kier alpha value is -6.02. The summed E-state index contributed by atoms with van der Waals surface area (Å²) >= 11 is 6.06. The summed E-state index contributed by atoms with van der Waals surface area (Å²) in [5.41, 5.74) is 21.4. The molecule has 340 valence electrons. The van der Waals surface area contributed by atoms with Gasteiger partial charge in [-0.05, 0) is 104 Å². The van der Waals surface area contributed by atoms with Crippen LogP contribution in [0, 0.1) is 0 Å². The fourth-order valence-corrected chi connectivity index (χ4v) is 7.34. The molecule has 4 aromatic rings. The first-order chi connectivity index (χ1) is 30.7. The molecule has 0 unspecified atom stereocenters. The number of nitrogens with zero attached hydrogens (tertiary/aromatic N) is 1. The van der Waals surface area contributed by atoms with E-state index in [1.165, 1.54) is 18.9 Å². The summed E-state index contributed by atoms with van der Waals surface area (Å²) in [5.74, 6) is -2.55. The Bertz CT molecular complexity index is 2250. The number of amides is 5. The molecule has 5 amide bonds. The zero-order valence-electron chi connectivity index (χ0n) is 35.9. The van der Waals surface area contributed by atoms with Crippen LogP contribution >= 0.6 is 11.6 Å². The smallest absolute Gasteiger partial charge is 0.472 e. The van der Waals surface area contributed by atoms with Gasteiger partial charge in [0, 0.05) is 48.3 Å². The Kier molecular flexibility index (Phi) is 18.1. The first-order valence-corrected chi connectivity index (χ1v) is 21.4. The summed E-state index contributed by atoms with van der Waals surface area (Å²) in [6, 6.07) is 19.3. The molecule has 0 radical (unpaired) electrons. The summed E-state index contributed by atoms with van der Waals surface area (Å²) in [7, 11) is -0.410. The Labute approximate surface area is 377 Å². The minimum absolute atomic E-state index is 0.0494. The highest BCUT2D eigenvalue weighted by Crippen LogP contribution is 2.40. The predicted octanol–water partition coefficient (Wildman–Crippen LogP) is 1.45. The predicted molar refractivity (Wildman–Crippen MR) is 244 cm³/mol. The van der Waals surface area contributed by atoms with Gasteiger partial charge < -0.3 is 62.9 Å². The molecule has 0 spiro atoms. The molecule has 12 N–H and O–H groups in total. The standard InChI is InChI=1S/C45H56BClN8O9/c1-27-41(56)54-37(43(58)51-26-46(61)62)24-28-6-16-38(63-21-19-49)34(23-28)35-25-32(13-17-39(35)64-22-20-50)40(44(59)52-27)55(2)45(60)36(5-3-4-18-48)53-42(57)31-9-7-29(8-10-31)30-11-14-33(47)15-12-30/h6-17,23,25,27,36-37,40,61-62H,3-5,18-22,24,26,48-50H2,1-2H3,(H,51,58)(H,52,59)(H,53,57)(H,54,56)/t27-,36-,37-,40-/m0/s1. The molecule has 4 aromatic carbocycles. The normalized spacial score (nSPS) is 16.6. The average molecular weight is 899 g/mol. The van der Waals surface area contributed by atoms with Gasteiger partial charge in [0.2, 0.25) is 23.6 Å². The number of ether oxygens (including phenoxy) is 2. The average Bonchev–Trinajstić information content (AvgIpc) is 3.28. The first kappa shape index (κ1) is 49.0. The molecule has 4 atom stereocenters. The van der Waals surface area contributed by atoms with Crippen LogP contribution in [0.3, 0.4) is 0 Å². The van der Waals surface area contributed by atoms with E-state index in [0.717, 1.165) is 11.1 Å². The van der Waals surface area contributed by atoms with E-state index in [-0.39, 0.29) is 39.1 Å². The number of carbonyl (C=O) groups is 5. The molecule has 1 aliphatic rings. The molecule has 1 heterocycles. The van der Waals surface area contributed by atoms with Gasteiger partial charge in [0.05, 0.1) is 6.44 Å².